The quantitative estimate of drug-likeness (QED) is 0.855. The van der Waals surface area contributed by atoms with Crippen molar-refractivity contribution in [2.24, 2.45) is 0 Å². The normalized spacial score (nSPS) is 24.6. The maximum absolute atomic E-state index is 6.03. The molecule has 0 bridgehead atoms. The Balaban J connectivity index is 2.09. The second-order valence-electron chi connectivity index (χ2n) is 5.61. The molecule has 0 aromatic heterocycles. The molecule has 1 heterocycles. The second kappa shape index (κ2) is 6.87. The van der Waals surface area contributed by atoms with Gasteiger partial charge in [-0.3, -0.25) is 0 Å². The molecule has 1 saturated heterocycles. The molecule has 1 aliphatic rings. The molecule has 0 saturated carbocycles. The van der Waals surface area contributed by atoms with Gasteiger partial charge in [-0.25, -0.2) is 0 Å². The summed E-state index contributed by atoms with van der Waals surface area (Å²) in [6, 6.07) is 8.98. The number of hydrogen-bond acceptors (Lipinski definition) is 2. The molecule has 1 aromatic rings. The molecule has 1 fully saturated rings. The first kappa shape index (κ1) is 15.0. The first-order valence-corrected chi connectivity index (χ1v) is 8.05. The van der Waals surface area contributed by atoms with E-state index in [4.69, 9.17) is 4.74 Å². The Morgan fingerprint density at radius 2 is 2.32 bits per heavy atom. The zero-order valence-corrected chi connectivity index (χ0v) is 13.5. The SMILES string of the molecule is CCCNC(Cc1cccc(Br)c1)C1(C)CCCO1. The molecule has 2 rings (SSSR count). The Kier molecular flexibility index (Phi) is 5.43. The van der Waals surface area contributed by atoms with E-state index in [0.717, 1.165) is 36.9 Å². The molecule has 2 nitrogen and oxygen atoms in total. The number of nitrogens with one attached hydrogen (secondary N) is 1. The minimum atomic E-state index is -0.0164. The van der Waals surface area contributed by atoms with Gasteiger partial charge in [0.05, 0.1) is 5.60 Å². The van der Waals surface area contributed by atoms with Crippen LogP contribution in [0, 0.1) is 0 Å². The minimum absolute atomic E-state index is 0.0164. The highest BCUT2D eigenvalue weighted by Gasteiger charge is 2.37. The summed E-state index contributed by atoms with van der Waals surface area (Å²) in [6.07, 6.45) is 4.52. The molecule has 3 heteroatoms. The van der Waals surface area contributed by atoms with Crippen LogP contribution >= 0.6 is 15.9 Å². The van der Waals surface area contributed by atoms with Crippen LogP contribution in [0.5, 0.6) is 0 Å². The highest BCUT2D eigenvalue weighted by Crippen LogP contribution is 2.30. The van der Waals surface area contributed by atoms with Crippen molar-refractivity contribution in [2.75, 3.05) is 13.2 Å². The monoisotopic (exact) mass is 325 g/mol. The zero-order chi connectivity index (χ0) is 13.7. The fraction of sp³-hybridized carbons (Fsp3) is 0.625. The molecule has 106 valence electrons. The number of benzene rings is 1. The van der Waals surface area contributed by atoms with Crippen LogP contribution in [0.4, 0.5) is 0 Å². The van der Waals surface area contributed by atoms with Gasteiger partial charge in [-0.2, -0.15) is 0 Å². The van der Waals surface area contributed by atoms with Gasteiger partial charge >= 0.3 is 0 Å². The smallest absolute Gasteiger partial charge is 0.0810 e. The summed E-state index contributed by atoms with van der Waals surface area (Å²) < 4.78 is 7.18. The Hall–Kier alpha value is -0.380. The van der Waals surface area contributed by atoms with E-state index in [2.05, 4.69) is 59.4 Å². The van der Waals surface area contributed by atoms with Crippen molar-refractivity contribution in [3.63, 3.8) is 0 Å². The average molecular weight is 326 g/mol. The van der Waals surface area contributed by atoms with E-state index in [0.29, 0.717) is 6.04 Å². The topological polar surface area (TPSA) is 21.3 Å². The van der Waals surface area contributed by atoms with Gasteiger partial charge in [0, 0.05) is 17.1 Å². The number of ether oxygens (including phenoxy) is 1. The summed E-state index contributed by atoms with van der Waals surface area (Å²) in [5.41, 5.74) is 1.34. The summed E-state index contributed by atoms with van der Waals surface area (Å²) in [6.45, 7) is 6.42. The number of halogens is 1. The first-order chi connectivity index (χ1) is 9.14. The Morgan fingerprint density at radius 1 is 1.47 bits per heavy atom. The minimum Gasteiger partial charge on any atom is -0.374 e. The highest BCUT2D eigenvalue weighted by molar-refractivity contribution is 9.10. The van der Waals surface area contributed by atoms with Gasteiger partial charge in [0.25, 0.3) is 0 Å². The van der Waals surface area contributed by atoms with Crippen molar-refractivity contribution in [3.05, 3.63) is 34.3 Å². The van der Waals surface area contributed by atoms with Crippen LogP contribution in [0.3, 0.4) is 0 Å². The summed E-state index contributed by atoms with van der Waals surface area (Å²) in [4.78, 5) is 0. The van der Waals surface area contributed by atoms with Gasteiger partial charge in [0.2, 0.25) is 0 Å². The van der Waals surface area contributed by atoms with E-state index in [1.807, 2.05) is 0 Å². The average Bonchev–Trinajstić information content (AvgIpc) is 2.82. The molecule has 1 aliphatic heterocycles. The standard InChI is InChI=1S/C16H24BrNO/c1-3-9-18-15(16(2)8-5-10-19-16)12-13-6-4-7-14(17)11-13/h4,6-7,11,15,18H,3,5,8-10,12H2,1-2H3. The van der Waals surface area contributed by atoms with Gasteiger partial charge in [-0.05, 0) is 56.8 Å². The number of hydrogen-bond donors (Lipinski definition) is 1. The Morgan fingerprint density at radius 3 is 2.95 bits per heavy atom. The molecular weight excluding hydrogens is 302 g/mol. The molecule has 0 radical (unpaired) electrons. The van der Waals surface area contributed by atoms with Crippen LogP contribution in [0.1, 0.15) is 38.7 Å². The third-order valence-corrected chi connectivity index (χ3v) is 4.45. The lowest BCUT2D eigenvalue weighted by atomic mass is 9.88. The van der Waals surface area contributed by atoms with Crippen LogP contribution in [0.15, 0.2) is 28.7 Å². The third kappa shape index (κ3) is 4.04. The molecular formula is C16H24BrNO. The summed E-state index contributed by atoms with van der Waals surface area (Å²) in [5, 5.41) is 3.68. The van der Waals surface area contributed by atoms with Gasteiger partial charge in [-0.15, -0.1) is 0 Å². The molecule has 0 amide bonds. The maximum Gasteiger partial charge on any atom is 0.0810 e. The molecule has 2 unspecified atom stereocenters. The van der Waals surface area contributed by atoms with Crippen molar-refractivity contribution in [1.82, 2.24) is 5.32 Å². The molecule has 1 N–H and O–H groups in total. The maximum atomic E-state index is 6.03. The predicted octanol–water partition coefficient (Wildman–Crippen LogP) is 3.93. The molecule has 0 spiro atoms. The molecule has 1 aromatic carbocycles. The van der Waals surface area contributed by atoms with Crippen LogP contribution < -0.4 is 5.32 Å². The number of rotatable bonds is 6. The lowest BCUT2D eigenvalue weighted by Crippen LogP contribution is -2.50. The summed E-state index contributed by atoms with van der Waals surface area (Å²) >= 11 is 3.55. The van der Waals surface area contributed by atoms with E-state index in [1.54, 1.807) is 0 Å². The van der Waals surface area contributed by atoms with Gasteiger partial charge < -0.3 is 10.1 Å². The van der Waals surface area contributed by atoms with E-state index in [-0.39, 0.29) is 5.60 Å². The van der Waals surface area contributed by atoms with E-state index >= 15 is 0 Å². The van der Waals surface area contributed by atoms with Crippen molar-refractivity contribution in [1.29, 1.82) is 0 Å². The first-order valence-electron chi connectivity index (χ1n) is 7.26. The van der Waals surface area contributed by atoms with Crippen molar-refractivity contribution < 1.29 is 4.74 Å². The Bertz CT molecular complexity index is 401. The molecule has 2 atom stereocenters. The fourth-order valence-corrected chi connectivity index (χ4v) is 3.24. The van der Waals surface area contributed by atoms with Crippen molar-refractivity contribution >= 4 is 15.9 Å². The lowest BCUT2D eigenvalue weighted by Gasteiger charge is -2.34. The van der Waals surface area contributed by atoms with E-state index in [9.17, 15) is 0 Å². The van der Waals surface area contributed by atoms with Crippen LogP contribution in [0.2, 0.25) is 0 Å². The largest absolute Gasteiger partial charge is 0.374 e. The molecule has 19 heavy (non-hydrogen) atoms. The second-order valence-corrected chi connectivity index (χ2v) is 6.52. The summed E-state index contributed by atoms with van der Waals surface area (Å²) in [5.74, 6) is 0. The predicted molar refractivity (Wildman–Crippen MR) is 83.5 cm³/mol. The van der Waals surface area contributed by atoms with Gasteiger partial charge in [-0.1, -0.05) is 35.0 Å². The molecule has 0 aliphatic carbocycles. The van der Waals surface area contributed by atoms with Crippen LogP contribution in [-0.4, -0.2) is 24.8 Å². The zero-order valence-electron chi connectivity index (χ0n) is 11.9. The van der Waals surface area contributed by atoms with Crippen molar-refractivity contribution in [3.8, 4) is 0 Å². The van der Waals surface area contributed by atoms with Crippen LogP contribution in [-0.2, 0) is 11.2 Å². The van der Waals surface area contributed by atoms with Gasteiger partial charge in [0.15, 0.2) is 0 Å². The van der Waals surface area contributed by atoms with Crippen LogP contribution in [0.25, 0.3) is 0 Å². The Labute approximate surface area is 125 Å². The fourth-order valence-electron chi connectivity index (χ4n) is 2.80. The van der Waals surface area contributed by atoms with Gasteiger partial charge in [0.1, 0.15) is 0 Å². The van der Waals surface area contributed by atoms with E-state index < -0.39 is 0 Å². The lowest BCUT2D eigenvalue weighted by molar-refractivity contribution is -0.0114. The van der Waals surface area contributed by atoms with E-state index in [1.165, 1.54) is 12.0 Å². The summed E-state index contributed by atoms with van der Waals surface area (Å²) in [7, 11) is 0. The highest BCUT2D eigenvalue weighted by atomic mass is 79.9. The third-order valence-electron chi connectivity index (χ3n) is 3.96. The van der Waals surface area contributed by atoms with Crippen molar-refractivity contribution in [2.45, 2.75) is 51.2 Å².